The molecule has 2 rings (SSSR count). The molecule has 1 saturated heterocycles. The second-order valence-electron chi connectivity index (χ2n) is 5.66. The monoisotopic (exact) mass is 290 g/mol. The third-order valence-corrected chi connectivity index (χ3v) is 4.09. The van der Waals surface area contributed by atoms with E-state index in [1.54, 1.807) is 0 Å². The number of rotatable bonds is 6. The number of hydrogen-bond acceptors (Lipinski definition) is 3. The van der Waals surface area contributed by atoms with Gasteiger partial charge in [0.15, 0.2) is 6.61 Å². The molecule has 21 heavy (non-hydrogen) atoms. The molecule has 1 aromatic rings. The summed E-state index contributed by atoms with van der Waals surface area (Å²) in [5, 5.41) is 0. The highest BCUT2D eigenvalue weighted by Crippen LogP contribution is 2.21. The van der Waals surface area contributed by atoms with Crippen molar-refractivity contribution in [1.82, 2.24) is 4.90 Å². The summed E-state index contributed by atoms with van der Waals surface area (Å²) in [7, 11) is 0. The fourth-order valence-electron chi connectivity index (χ4n) is 2.91. The first-order chi connectivity index (χ1) is 10.2. The lowest BCUT2D eigenvalue weighted by Gasteiger charge is -2.35. The average molecular weight is 290 g/mol. The van der Waals surface area contributed by atoms with Crippen molar-refractivity contribution in [3.05, 3.63) is 29.8 Å². The number of carbonyl (C=O) groups is 1. The molecule has 1 atom stereocenters. The number of nitrogens with zero attached hydrogens (tertiary/aromatic N) is 1. The molecular formula is C17H26N2O2. The highest BCUT2D eigenvalue weighted by Gasteiger charge is 2.25. The van der Waals surface area contributed by atoms with Gasteiger partial charge in [0.2, 0.25) is 0 Å². The van der Waals surface area contributed by atoms with Gasteiger partial charge < -0.3 is 15.4 Å². The van der Waals surface area contributed by atoms with Crippen LogP contribution >= 0.6 is 0 Å². The number of ether oxygens (including phenoxy) is 1. The molecule has 1 amide bonds. The van der Waals surface area contributed by atoms with E-state index in [4.69, 9.17) is 10.5 Å². The van der Waals surface area contributed by atoms with Crippen molar-refractivity contribution in [3.8, 4) is 5.75 Å². The first-order valence-electron chi connectivity index (χ1n) is 7.96. The van der Waals surface area contributed by atoms with E-state index < -0.39 is 0 Å². The van der Waals surface area contributed by atoms with Gasteiger partial charge in [-0.3, -0.25) is 4.79 Å². The van der Waals surface area contributed by atoms with Crippen LogP contribution in [0.4, 0.5) is 0 Å². The van der Waals surface area contributed by atoms with Gasteiger partial charge in [0.25, 0.3) is 5.91 Å². The fourth-order valence-corrected chi connectivity index (χ4v) is 2.91. The van der Waals surface area contributed by atoms with Crippen molar-refractivity contribution in [2.24, 2.45) is 5.73 Å². The summed E-state index contributed by atoms with van der Waals surface area (Å²) in [5.41, 5.74) is 6.62. The SMILES string of the molecule is CCCC1CCCCN1C(=O)COc1ccc(CN)cc1. The molecule has 4 nitrogen and oxygen atoms in total. The van der Waals surface area contributed by atoms with E-state index in [9.17, 15) is 4.79 Å². The predicted octanol–water partition coefficient (Wildman–Crippen LogP) is 2.71. The summed E-state index contributed by atoms with van der Waals surface area (Å²) in [6.07, 6.45) is 5.69. The van der Waals surface area contributed by atoms with E-state index in [0.29, 0.717) is 12.6 Å². The first kappa shape index (κ1) is 15.8. The lowest BCUT2D eigenvalue weighted by molar-refractivity contribution is -0.137. The third-order valence-electron chi connectivity index (χ3n) is 4.09. The Labute approximate surface area is 127 Å². The maximum Gasteiger partial charge on any atom is 0.260 e. The standard InChI is InChI=1S/C17H26N2O2/c1-2-5-15-6-3-4-11-19(15)17(20)13-21-16-9-7-14(12-18)8-10-16/h7-10,15H,2-6,11-13,18H2,1H3. The molecule has 0 radical (unpaired) electrons. The van der Waals surface area contributed by atoms with Crippen molar-refractivity contribution < 1.29 is 9.53 Å². The van der Waals surface area contributed by atoms with Crippen molar-refractivity contribution in [2.45, 2.75) is 51.6 Å². The van der Waals surface area contributed by atoms with Crippen LogP contribution in [0, 0.1) is 0 Å². The number of carbonyl (C=O) groups excluding carboxylic acids is 1. The Kier molecular flexibility index (Phi) is 6.05. The number of amides is 1. The molecule has 0 aromatic heterocycles. The zero-order chi connectivity index (χ0) is 15.1. The molecule has 1 unspecified atom stereocenters. The Bertz CT molecular complexity index is 443. The zero-order valence-electron chi connectivity index (χ0n) is 12.9. The molecule has 0 spiro atoms. The van der Waals surface area contributed by atoms with Gasteiger partial charge in [-0.2, -0.15) is 0 Å². The smallest absolute Gasteiger partial charge is 0.260 e. The number of likely N-dealkylation sites (tertiary alicyclic amines) is 1. The summed E-state index contributed by atoms with van der Waals surface area (Å²) in [4.78, 5) is 14.4. The van der Waals surface area contributed by atoms with Gasteiger partial charge in [0.1, 0.15) is 5.75 Å². The molecule has 1 aliphatic rings. The lowest BCUT2D eigenvalue weighted by atomic mass is 9.98. The fraction of sp³-hybridized carbons (Fsp3) is 0.588. The maximum atomic E-state index is 12.4. The van der Waals surface area contributed by atoms with Gasteiger partial charge >= 0.3 is 0 Å². The van der Waals surface area contributed by atoms with E-state index in [1.807, 2.05) is 29.2 Å². The lowest BCUT2D eigenvalue weighted by Crippen LogP contribution is -2.45. The van der Waals surface area contributed by atoms with Crippen molar-refractivity contribution in [1.29, 1.82) is 0 Å². The minimum atomic E-state index is 0.107. The Balaban J connectivity index is 1.87. The van der Waals surface area contributed by atoms with Crippen LogP contribution in [0.25, 0.3) is 0 Å². The number of piperidine rings is 1. The highest BCUT2D eigenvalue weighted by atomic mass is 16.5. The zero-order valence-corrected chi connectivity index (χ0v) is 12.9. The molecule has 1 aliphatic heterocycles. The van der Waals surface area contributed by atoms with Gasteiger partial charge in [-0.15, -0.1) is 0 Å². The van der Waals surface area contributed by atoms with Gasteiger partial charge in [-0.05, 0) is 43.4 Å². The molecule has 2 N–H and O–H groups in total. The van der Waals surface area contributed by atoms with Crippen LogP contribution in [0.15, 0.2) is 24.3 Å². The predicted molar refractivity (Wildman–Crippen MR) is 84.1 cm³/mol. The van der Waals surface area contributed by atoms with E-state index in [0.717, 1.165) is 43.5 Å². The first-order valence-corrected chi connectivity index (χ1v) is 7.96. The summed E-state index contributed by atoms with van der Waals surface area (Å²) in [6, 6.07) is 8.01. The summed E-state index contributed by atoms with van der Waals surface area (Å²) >= 11 is 0. The van der Waals surface area contributed by atoms with E-state index in [1.165, 1.54) is 6.42 Å². The third kappa shape index (κ3) is 4.46. The number of hydrogen-bond donors (Lipinski definition) is 1. The van der Waals surface area contributed by atoms with E-state index in [2.05, 4.69) is 6.92 Å². The molecule has 0 aliphatic carbocycles. The van der Waals surface area contributed by atoms with Crippen LogP contribution in [0.2, 0.25) is 0 Å². The van der Waals surface area contributed by atoms with Crippen molar-refractivity contribution in [2.75, 3.05) is 13.2 Å². The number of nitrogens with two attached hydrogens (primary N) is 1. The normalized spacial score (nSPS) is 18.6. The minimum Gasteiger partial charge on any atom is -0.484 e. The second-order valence-corrected chi connectivity index (χ2v) is 5.66. The molecule has 0 saturated carbocycles. The molecular weight excluding hydrogens is 264 g/mol. The van der Waals surface area contributed by atoms with E-state index in [-0.39, 0.29) is 12.5 Å². The summed E-state index contributed by atoms with van der Waals surface area (Å²) < 4.78 is 5.61. The average Bonchev–Trinajstić information content (AvgIpc) is 2.54. The molecule has 1 fully saturated rings. The van der Waals surface area contributed by atoms with Gasteiger partial charge in [0, 0.05) is 19.1 Å². The van der Waals surface area contributed by atoms with Crippen LogP contribution in [0.5, 0.6) is 5.75 Å². The number of benzene rings is 1. The van der Waals surface area contributed by atoms with Gasteiger partial charge in [0.05, 0.1) is 0 Å². The van der Waals surface area contributed by atoms with Crippen LogP contribution in [-0.4, -0.2) is 30.0 Å². The Morgan fingerprint density at radius 3 is 2.76 bits per heavy atom. The summed E-state index contributed by atoms with van der Waals surface area (Å²) in [6.45, 7) is 3.69. The highest BCUT2D eigenvalue weighted by molar-refractivity contribution is 5.78. The molecule has 116 valence electrons. The quantitative estimate of drug-likeness (QED) is 0.876. The molecule has 0 bridgehead atoms. The maximum absolute atomic E-state index is 12.4. The Morgan fingerprint density at radius 2 is 2.10 bits per heavy atom. The van der Waals surface area contributed by atoms with Crippen LogP contribution in [0.1, 0.15) is 44.6 Å². The molecule has 4 heteroatoms. The molecule has 1 aromatic carbocycles. The van der Waals surface area contributed by atoms with Crippen molar-refractivity contribution in [3.63, 3.8) is 0 Å². The van der Waals surface area contributed by atoms with Gasteiger partial charge in [-0.1, -0.05) is 25.5 Å². The minimum absolute atomic E-state index is 0.107. The van der Waals surface area contributed by atoms with Crippen LogP contribution in [-0.2, 0) is 11.3 Å². The Hall–Kier alpha value is -1.55. The van der Waals surface area contributed by atoms with Crippen molar-refractivity contribution >= 4 is 5.91 Å². The van der Waals surface area contributed by atoms with Crippen LogP contribution in [0.3, 0.4) is 0 Å². The molecule has 1 heterocycles. The topological polar surface area (TPSA) is 55.6 Å². The van der Waals surface area contributed by atoms with E-state index >= 15 is 0 Å². The van der Waals surface area contributed by atoms with Gasteiger partial charge in [-0.25, -0.2) is 0 Å². The second kappa shape index (κ2) is 8.03. The van der Waals surface area contributed by atoms with Crippen LogP contribution < -0.4 is 10.5 Å². The largest absolute Gasteiger partial charge is 0.484 e. The summed E-state index contributed by atoms with van der Waals surface area (Å²) in [5.74, 6) is 0.834. The Morgan fingerprint density at radius 1 is 1.33 bits per heavy atom.